The lowest BCUT2D eigenvalue weighted by atomic mass is 9.75. The van der Waals surface area contributed by atoms with Crippen molar-refractivity contribution in [3.8, 4) is 6.07 Å². The van der Waals surface area contributed by atoms with Crippen LogP contribution in [0.15, 0.2) is 29.8 Å². The number of carbonyl (C=O) groups excluding carboxylic acids is 3. The van der Waals surface area contributed by atoms with Crippen LogP contribution in [0.1, 0.15) is 18.1 Å². The number of imide groups is 1. The zero-order valence-corrected chi connectivity index (χ0v) is 18.0. The van der Waals surface area contributed by atoms with E-state index in [0.29, 0.717) is 17.6 Å². The second-order valence-electron chi connectivity index (χ2n) is 8.13. The fraction of sp³-hybridized carbons (Fsp3) is 0.455. The molecule has 2 bridgehead atoms. The number of hydrogen-bond donors (Lipinski definition) is 0. The number of fused-ring (bicyclic) bond motifs is 5. The maximum Gasteiger partial charge on any atom is 0.417 e. The Morgan fingerprint density at radius 1 is 1.26 bits per heavy atom. The van der Waals surface area contributed by atoms with Crippen LogP contribution in [0.5, 0.6) is 0 Å². The topological polar surface area (TPSA) is 115 Å². The van der Waals surface area contributed by atoms with E-state index in [0.717, 1.165) is 12.1 Å². The molecule has 2 saturated heterocycles. The quantitative estimate of drug-likeness (QED) is 0.252. The number of hydrogen-bond acceptors (Lipinski definition) is 8. The van der Waals surface area contributed by atoms with Crippen LogP contribution in [-0.4, -0.2) is 56.6 Å². The molecule has 0 N–H and O–H groups in total. The predicted molar refractivity (Wildman–Crippen MR) is 106 cm³/mol. The molecule has 1 aromatic rings. The first-order chi connectivity index (χ1) is 16.0. The van der Waals surface area contributed by atoms with Gasteiger partial charge in [-0.05, 0) is 31.2 Å². The smallest absolute Gasteiger partial charge is 0.417 e. The van der Waals surface area contributed by atoms with Crippen molar-refractivity contribution in [2.24, 2.45) is 11.8 Å². The van der Waals surface area contributed by atoms with E-state index in [-0.39, 0.29) is 24.7 Å². The van der Waals surface area contributed by atoms with E-state index in [2.05, 4.69) is 0 Å². The Morgan fingerprint density at radius 3 is 2.65 bits per heavy atom. The molecular formula is C22H19F3N2O7. The summed E-state index contributed by atoms with van der Waals surface area (Å²) in [7, 11) is 1.48. The van der Waals surface area contributed by atoms with Crippen molar-refractivity contribution in [2.75, 3.05) is 32.0 Å². The molecule has 0 aromatic heterocycles. The molecule has 2 unspecified atom stereocenters. The molecule has 1 aromatic carbocycles. The summed E-state index contributed by atoms with van der Waals surface area (Å²) in [5.74, 6) is -4.46. The molecular weight excluding hydrogens is 461 g/mol. The highest BCUT2D eigenvalue weighted by Crippen LogP contribution is 2.55. The minimum Gasteiger partial charge on any atom is -0.435 e. The number of nitrogens with zero attached hydrogens (tertiary/aromatic N) is 2. The highest BCUT2D eigenvalue weighted by molar-refractivity contribution is 6.23. The summed E-state index contributed by atoms with van der Waals surface area (Å²) >= 11 is 0. The molecule has 3 heterocycles. The molecule has 0 radical (unpaired) electrons. The molecule has 3 aliphatic rings. The number of ether oxygens (including phenoxy) is 4. The van der Waals surface area contributed by atoms with Crippen LogP contribution < -0.4 is 4.90 Å². The fourth-order valence-corrected chi connectivity index (χ4v) is 4.60. The monoisotopic (exact) mass is 480 g/mol. The summed E-state index contributed by atoms with van der Waals surface area (Å²) in [6, 6.07) is 4.06. The van der Waals surface area contributed by atoms with Crippen LogP contribution in [0.2, 0.25) is 0 Å². The number of carbonyl (C=O) groups is 3. The first kappa shape index (κ1) is 23.9. The maximum atomic E-state index is 13.4. The molecule has 34 heavy (non-hydrogen) atoms. The number of amides is 2. The third kappa shape index (κ3) is 3.75. The van der Waals surface area contributed by atoms with Gasteiger partial charge in [-0.15, -0.1) is 0 Å². The van der Waals surface area contributed by atoms with Crippen molar-refractivity contribution in [1.29, 1.82) is 5.26 Å². The predicted octanol–water partition coefficient (Wildman–Crippen LogP) is 1.94. The average Bonchev–Trinajstić information content (AvgIpc) is 3.38. The van der Waals surface area contributed by atoms with Gasteiger partial charge in [0, 0.05) is 7.11 Å². The molecule has 12 heteroatoms. The van der Waals surface area contributed by atoms with Gasteiger partial charge in [0.2, 0.25) is 11.8 Å². The van der Waals surface area contributed by atoms with Crippen molar-refractivity contribution >= 4 is 23.5 Å². The summed E-state index contributed by atoms with van der Waals surface area (Å²) in [5.41, 5.74) is -3.48. The van der Waals surface area contributed by atoms with Crippen LogP contribution in [-0.2, 0) is 39.5 Å². The third-order valence-corrected chi connectivity index (χ3v) is 6.05. The highest BCUT2D eigenvalue weighted by atomic mass is 19.4. The lowest BCUT2D eigenvalue weighted by Crippen LogP contribution is -2.38. The number of halogens is 3. The largest absolute Gasteiger partial charge is 0.435 e. The van der Waals surface area contributed by atoms with E-state index in [1.807, 2.05) is 0 Å². The summed E-state index contributed by atoms with van der Waals surface area (Å²) < 4.78 is 60.9. The number of anilines is 1. The van der Waals surface area contributed by atoms with Gasteiger partial charge >= 0.3 is 12.1 Å². The van der Waals surface area contributed by atoms with E-state index in [9.17, 15) is 27.6 Å². The van der Waals surface area contributed by atoms with Crippen molar-refractivity contribution in [3.63, 3.8) is 0 Å². The molecule has 4 atom stereocenters. The molecule has 2 amide bonds. The minimum absolute atomic E-state index is 0.0397. The lowest BCUT2D eigenvalue weighted by molar-refractivity contribution is -0.153. The van der Waals surface area contributed by atoms with Gasteiger partial charge in [-0.1, -0.05) is 0 Å². The molecule has 4 rings (SSSR count). The van der Waals surface area contributed by atoms with Crippen molar-refractivity contribution in [1.82, 2.24) is 0 Å². The minimum atomic E-state index is -4.86. The Kier molecular flexibility index (Phi) is 5.97. The fourth-order valence-electron chi connectivity index (χ4n) is 4.60. The lowest BCUT2D eigenvalue weighted by Gasteiger charge is -2.24. The molecule has 2 fully saturated rings. The first-order valence-electron chi connectivity index (χ1n) is 10.2. The molecule has 0 spiro atoms. The Bertz CT molecular complexity index is 1130. The van der Waals surface area contributed by atoms with Gasteiger partial charge in [-0.25, -0.2) is 9.69 Å². The summed E-state index contributed by atoms with van der Waals surface area (Å²) in [6.07, 6.45) is -4.55. The molecule has 180 valence electrons. The first-order valence-corrected chi connectivity index (χ1v) is 10.2. The van der Waals surface area contributed by atoms with Crippen LogP contribution >= 0.6 is 0 Å². The van der Waals surface area contributed by atoms with Crippen LogP contribution in [0.4, 0.5) is 18.9 Å². The standard InChI is InChI=1S/C22H19F3N2O7/c1-21-8-13(20(30)33-10-32-6-5-31-2)17(34-21)15-16(21)19(29)27(18(15)28)12-4-3-11(9-26)14(7-12)22(23,24)25/h3-4,7-8,15-17H,5-6,10H2,1-2H3/t15-,16-,17?,21?/m1/s1. The Labute approximate surface area is 191 Å². The van der Waals surface area contributed by atoms with Gasteiger partial charge < -0.3 is 18.9 Å². The maximum absolute atomic E-state index is 13.4. The number of rotatable bonds is 7. The van der Waals surface area contributed by atoms with Crippen LogP contribution in [0.3, 0.4) is 0 Å². The Hall–Kier alpha value is -3.27. The van der Waals surface area contributed by atoms with E-state index < -0.39 is 58.6 Å². The van der Waals surface area contributed by atoms with Gasteiger partial charge in [0.1, 0.15) is 6.10 Å². The number of methoxy groups -OCH3 is 1. The summed E-state index contributed by atoms with van der Waals surface area (Å²) in [6.45, 7) is 1.65. The number of nitriles is 1. The summed E-state index contributed by atoms with van der Waals surface area (Å²) in [5, 5.41) is 8.99. The van der Waals surface area contributed by atoms with Gasteiger partial charge in [0.15, 0.2) is 6.79 Å². The van der Waals surface area contributed by atoms with E-state index in [1.54, 1.807) is 0 Å². The van der Waals surface area contributed by atoms with Crippen molar-refractivity contribution < 1.29 is 46.5 Å². The van der Waals surface area contributed by atoms with Crippen LogP contribution in [0.25, 0.3) is 0 Å². The number of esters is 1. The number of alkyl halides is 3. The third-order valence-electron chi connectivity index (χ3n) is 6.05. The molecule has 3 aliphatic heterocycles. The zero-order chi connectivity index (χ0) is 24.8. The van der Waals surface area contributed by atoms with Crippen molar-refractivity contribution in [3.05, 3.63) is 41.0 Å². The zero-order valence-electron chi connectivity index (χ0n) is 18.0. The summed E-state index contributed by atoms with van der Waals surface area (Å²) in [4.78, 5) is 39.5. The van der Waals surface area contributed by atoms with E-state index in [4.69, 9.17) is 24.2 Å². The van der Waals surface area contributed by atoms with Crippen LogP contribution in [0, 0.1) is 23.2 Å². The van der Waals surface area contributed by atoms with Gasteiger partial charge in [0.25, 0.3) is 0 Å². The average molecular weight is 480 g/mol. The van der Waals surface area contributed by atoms with Crippen molar-refractivity contribution in [2.45, 2.75) is 24.8 Å². The Balaban J connectivity index is 1.58. The van der Waals surface area contributed by atoms with E-state index in [1.165, 1.54) is 26.2 Å². The van der Waals surface area contributed by atoms with Gasteiger partial charge in [-0.3, -0.25) is 9.59 Å². The highest BCUT2D eigenvalue weighted by Gasteiger charge is 2.69. The van der Waals surface area contributed by atoms with Gasteiger partial charge in [0.05, 0.1) is 59.1 Å². The molecule has 9 nitrogen and oxygen atoms in total. The number of benzene rings is 1. The van der Waals surface area contributed by atoms with E-state index >= 15 is 0 Å². The van der Waals surface area contributed by atoms with Gasteiger partial charge in [-0.2, -0.15) is 18.4 Å². The second kappa shape index (κ2) is 8.50. The SMILES string of the molecule is COCCOCOC(=O)C1=CC2(C)OC1[C@@H]1C(=O)N(c3ccc(C#N)c(C(F)(F)F)c3)C(=O)[C@@H]12. The molecule has 0 aliphatic carbocycles. The Morgan fingerprint density at radius 2 is 2.00 bits per heavy atom. The molecule has 0 saturated carbocycles. The normalized spacial score (nSPS) is 27.6. The second-order valence-corrected chi connectivity index (χ2v) is 8.13.